The van der Waals surface area contributed by atoms with Gasteiger partial charge in [-0.15, -0.1) is 11.4 Å². The number of azo groups is 2. The fourth-order valence-corrected chi connectivity index (χ4v) is 5.80. The molecule has 0 radical (unpaired) electrons. The van der Waals surface area contributed by atoms with Gasteiger partial charge in [-0.05, 0) is 60.7 Å². The number of hydrogen-bond donors (Lipinski definition) is 4. The maximum Gasteiger partial charge on any atom is 1.00 e. The Morgan fingerprint density at radius 1 is 0.583 bits per heavy atom. The number of rotatable bonds is 10. The molecule has 6 aromatic rings. The molecule has 0 spiro atoms. The van der Waals surface area contributed by atoms with Crippen molar-refractivity contribution in [2.75, 3.05) is 0 Å². The van der Waals surface area contributed by atoms with Crippen molar-refractivity contribution in [2.24, 2.45) is 20.5 Å². The zero-order valence-electron chi connectivity index (χ0n) is 32.1. The van der Waals surface area contributed by atoms with Gasteiger partial charge >= 0.3 is 101 Å². The van der Waals surface area contributed by atoms with Gasteiger partial charge in [0.25, 0.3) is 20.2 Å². The largest absolute Gasteiger partial charge is 1.00 e. The van der Waals surface area contributed by atoms with Crippen molar-refractivity contribution in [1.82, 2.24) is 19.6 Å². The van der Waals surface area contributed by atoms with Crippen LogP contribution < -0.4 is 99.8 Å². The van der Waals surface area contributed by atoms with E-state index < -0.39 is 64.2 Å². The van der Waals surface area contributed by atoms with Crippen molar-refractivity contribution < 1.29 is 152 Å². The van der Waals surface area contributed by atoms with Crippen LogP contribution in [0.5, 0.6) is 0 Å². The van der Waals surface area contributed by atoms with E-state index in [0.717, 1.165) is 45.8 Å². The molecular formula is C34H26CrN8Na3O12S2+. The van der Waals surface area contributed by atoms with Gasteiger partial charge in [0.2, 0.25) is 0 Å². The third-order valence-electron chi connectivity index (χ3n) is 7.48. The zero-order chi connectivity index (χ0) is 40.9. The number of carbonyl (C=O) groups is 2. The predicted octanol–water partition coefficient (Wildman–Crippen LogP) is -3.75. The molecule has 0 aliphatic heterocycles. The van der Waals surface area contributed by atoms with Crippen molar-refractivity contribution in [1.29, 1.82) is 0 Å². The molecule has 4 aromatic carbocycles. The van der Waals surface area contributed by atoms with Crippen LogP contribution in [0, 0.1) is 13.8 Å². The van der Waals surface area contributed by atoms with Crippen LogP contribution in [0.1, 0.15) is 32.1 Å². The van der Waals surface area contributed by atoms with Crippen molar-refractivity contribution in [3.63, 3.8) is 0 Å². The molecule has 0 unspecified atom stereocenters. The number of aryl methyl sites for hydroxylation is 2. The van der Waals surface area contributed by atoms with Crippen LogP contribution in [0.4, 0.5) is 22.7 Å². The molecule has 0 fully saturated rings. The van der Waals surface area contributed by atoms with Gasteiger partial charge in [-0.1, -0.05) is 61.6 Å². The van der Waals surface area contributed by atoms with E-state index >= 15 is 0 Å². The maximum absolute atomic E-state index is 12.5. The summed E-state index contributed by atoms with van der Waals surface area (Å²) in [6, 6.07) is 22.9. The van der Waals surface area contributed by atoms with Crippen LogP contribution in [-0.2, 0) is 37.6 Å². The number of aromatic nitrogens is 4. The second-order valence-corrected chi connectivity index (χ2v) is 14.1. The van der Waals surface area contributed by atoms with E-state index in [4.69, 9.17) is 9.11 Å². The molecule has 0 amide bonds. The second kappa shape index (κ2) is 23.0. The maximum atomic E-state index is 12.5. The Bertz CT molecular complexity index is 2710. The van der Waals surface area contributed by atoms with Crippen molar-refractivity contribution in [3.05, 3.63) is 140 Å². The van der Waals surface area contributed by atoms with E-state index in [-0.39, 0.29) is 140 Å². The molecule has 2 aromatic heterocycles. The molecule has 0 saturated carbocycles. The van der Waals surface area contributed by atoms with Crippen LogP contribution in [0.3, 0.4) is 0 Å². The summed E-state index contributed by atoms with van der Waals surface area (Å²) in [6.07, 6.45) is 0. The Kier molecular flexibility index (Phi) is 20.9. The molecule has 4 N–H and O–H groups in total. The number of hydrogen-bond acceptors (Lipinski definition) is 14. The number of benzene rings is 4. The third kappa shape index (κ3) is 13.2. The quantitative estimate of drug-likeness (QED) is 0.0445. The van der Waals surface area contributed by atoms with Gasteiger partial charge in [0.05, 0.1) is 43.7 Å². The molecule has 294 valence electrons. The van der Waals surface area contributed by atoms with Gasteiger partial charge < -0.3 is 30.0 Å². The monoisotopic (exact) mass is 923 g/mol. The number of aromatic carboxylic acids is 2. The fourth-order valence-electron chi connectivity index (χ4n) is 4.79. The molecule has 60 heavy (non-hydrogen) atoms. The van der Waals surface area contributed by atoms with E-state index in [0.29, 0.717) is 11.4 Å². The third-order valence-corrected chi connectivity index (χ3v) is 9.18. The SMILES string of the molecule is Cc1nn(-c2ccccc2)c(=O)[c-]1N=Nc1ccc(S(=O)(=O)O)cc1C(=O)O.Cc1nn(-c2ccccc2)c(=O)[c-]1N=Nc1ccc(S(=O)(=O)O)cc1C(=O)O.[Cr].[Na+].[Na+].[Na+]. The van der Waals surface area contributed by atoms with Crippen LogP contribution in [0.2, 0.25) is 0 Å². The van der Waals surface area contributed by atoms with E-state index in [1.165, 1.54) is 0 Å². The molecular weight excluding hydrogens is 898 g/mol. The Labute approximate surface area is 417 Å². The van der Waals surface area contributed by atoms with Crippen LogP contribution in [0.25, 0.3) is 11.4 Å². The van der Waals surface area contributed by atoms with E-state index in [9.17, 15) is 46.2 Å². The van der Waals surface area contributed by atoms with Crippen molar-refractivity contribution >= 4 is 54.9 Å². The molecule has 0 aliphatic rings. The van der Waals surface area contributed by atoms with Gasteiger partial charge in [-0.2, -0.15) is 27.1 Å². The molecule has 0 bridgehead atoms. The summed E-state index contributed by atoms with van der Waals surface area (Å²) < 4.78 is 65.1. The number of nitrogens with zero attached hydrogens (tertiary/aromatic N) is 8. The van der Waals surface area contributed by atoms with Crippen LogP contribution >= 0.6 is 0 Å². The first-order valence-electron chi connectivity index (χ1n) is 15.5. The topological polar surface area (TPSA) is 303 Å². The first kappa shape index (κ1) is 54.4. The molecule has 26 heteroatoms. The van der Waals surface area contributed by atoms with Gasteiger partial charge in [-0.3, -0.25) is 9.11 Å². The summed E-state index contributed by atoms with van der Waals surface area (Å²) in [7, 11) is -9.16. The van der Waals surface area contributed by atoms with Gasteiger partial charge in [0, 0.05) is 17.4 Å². The van der Waals surface area contributed by atoms with Crippen molar-refractivity contribution in [2.45, 2.75) is 23.6 Å². The zero-order valence-corrected chi connectivity index (χ0v) is 41.0. The fraction of sp³-hybridized carbons (Fsp3) is 0.0588. The summed E-state index contributed by atoms with van der Waals surface area (Å²) in [5.74, 6) is -2.95. The summed E-state index contributed by atoms with van der Waals surface area (Å²) in [5.41, 5.74) is -1.01. The Morgan fingerprint density at radius 2 is 0.900 bits per heavy atom. The standard InChI is InChI=1S/2C17H13N4O6S.Cr.3Na/c2*1-10-15(16(22)21(20-10)11-5-3-2-4-6-11)19-18-14-8-7-12(28(25,26)27)9-13(14)17(23)24;;;;/h2*2-9H,1H3,(H,23,24)(H,25,26,27);;;;/q2*-1;;3*+1. The van der Waals surface area contributed by atoms with Gasteiger partial charge in [0.15, 0.2) is 0 Å². The molecule has 0 atom stereocenters. The average molecular weight is 924 g/mol. The minimum atomic E-state index is -4.58. The minimum Gasteiger partial charge on any atom is -0.478 e. The normalized spacial score (nSPS) is 11.0. The molecule has 6 rings (SSSR count). The van der Waals surface area contributed by atoms with Crippen LogP contribution in [-0.4, -0.2) is 67.7 Å². The molecule has 0 aliphatic carbocycles. The number of para-hydroxylation sites is 2. The minimum absolute atomic E-state index is 0. The summed E-state index contributed by atoms with van der Waals surface area (Å²) >= 11 is 0. The Hall–Kier alpha value is -3.61. The average Bonchev–Trinajstić information content (AvgIpc) is 3.61. The molecule has 0 saturated heterocycles. The molecule has 20 nitrogen and oxygen atoms in total. The van der Waals surface area contributed by atoms with Gasteiger partial charge in [-0.25, -0.2) is 29.2 Å². The number of carboxylic acids is 2. The summed E-state index contributed by atoms with van der Waals surface area (Å²) in [6.45, 7) is 3.10. The van der Waals surface area contributed by atoms with E-state index in [1.807, 2.05) is 0 Å². The summed E-state index contributed by atoms with van der Waals surface area (Å²) in [5, 5.41) is 41.9. The van der Waals surface area contributed by atoms with E-state index in [1.54, 1.807) is 74.5 Å². The number of carboxylic acid groups (broad SMARTS) is 2. The van der Waals surface area contributed by atoms with Crippen LogP contribution in [0.15, 0.2) is 137 Å². The Balaban J connectivity index is 0.000000562. The first-order chi connectivity index (χ1) is 26.4. The summed E-state index contributed by atoms with van der Waals surface area (Å²) in [4.78, 5) is 46.6. The first-order valence-corrected chi connectivity index (χ1v) is 18.4. The second-order valence-electron chi connectivity index (χ2n) is 11.3. The smallest absolute Gasteiger partial charge is 0.478 e. The Morgan fingerprint density at radius 3 is 1.18 bits per heavy atom. The van der Waals surface area contributed by atoms with E-state index in [2.05, 4.69) is 30.7 Å². The molecule has 2 heterocycles. The van der Waals surface area contributed by atoms with Gasteiger partial charge in [0.1, 0.15) is 11.1 Å². The predicted molar refractivity (Wildman–Crippen MR) is 195 cm³/mol. The van der Waals surface area contributed by atoms with Crippen molar-refractivity contribution in [3.8, 4) is 11.4 Å².